The van der Waals surface area contributed by atoms with Gasteiger partial charge in [-0.05, 0) is 56.1 Å². The van der Waals surface area contributed by atoms with Crippen molar-refractivity contribution in [1.82, 2.24) is 0 Å². The number of aliphatic hydroxyl groups is 2. The number of Topliss-reactive ketones (excluding diaryl/α,β-unsaturated/α-hetero) is 1. The third-order valence-electron chi connectivity index (χ3n) is 10.2. The van der Waals surface area contributed by atoms with Gasteiger partial charge in [0.1, 0.15) is 6.61 Å². The molecule has 0 amide bonds. The summed E-state index contributed by atoms with van der Waals surface area (Å²) in [4.78, 5) is 37.6. The summed E-state index contributed by atoms with van der Waals surface area (Å²) in [6, 6.07) is 0. The second-order valence-corrected chi connectivity index (χ2v) is 12.6. The number of allylic oxidation sites excluding steroid dienone is 4. The van der Waals surface area contributed by atoms with Gasteiger partial charge in [-0.2, -0.15) is 0 Å². The smallest absolute Gasteiger partial charge is 0.306 e. The van der Waals surface area contributed by atoms with Crippen LogP contribution in [0.25, 0.3) is 0 Å². The molecule has 3 saturated carbocycles. The van der Waals surface area contributed by atoms with E-state index in [1.165, 1.54) is 6.08 Å². The molecule has 0 bridgehead atoms. The summed E-state index contributed by atoms with van der Waals surface area (Å²) in [5.74, 6) is -1.57. The van der Waals surface area contributed by atoms with E-state index in [-0.39, 0.29) is 36.4 Å². The summed E-state index contributed by atoms with van der Waals surface area (Å²) < 4.78 is 6.15. The molecule has 0 aromatic heterocycles. The molecule has 3 fully saturated rings. The molecular weight excluding hydrogens is 480 g/mol. The first-order chi connectivity index (χ1) is 16.9. The van der Waals surface area contributed by atoms with E-state index in [2.05, 4.69) is 6.92 Å². The molecule has 4 rings (SSSR count). The van der Waals surface area contributed by atoms with Crippen molar-refractivity contribution in [3.05, 3.63) is 23.8 Å². The van der Waals surface area contributed by atoms with Crippen LogP contribution in [0.5, 0.6) is 0 Å². The lowest BCUT2D eigenvalue weighted by atomic mass is 9.45. The number of aliphatic hydroxyl groups excluding tert-OH is 2. The number of rotatable bonds is 8. The van der Waals surface area contributed by atoms with Crippen molar-refractivity contribution in [2.24, 2.45) is 28.6 Å². The molecule has 0 saturated heterocycles. The Morgan fingerprint density at radius 1 is 1.19 bits per heavy atom. The number of ether oxygens (including phenoxy) is 1. The Labute approximate surface area is 219 Å². The lowest BCUT2D eigenvalue weighted by Gasteiger charge is -2.64. The molecule has 2 N–H and O–H groups in total. The SMILES string of the molecule is CCCCCCC(=O)OC1(C(=O)CO)C(C)CC2C3CCC4=CC(=O)C=CC4(C)C3(Cl)C(O)CC21C. The molecule has 0 heterocycles. The van der Waals surface area contributed by atoms with Gasteiger partial charge in [0.2, 0.25) is 5.78 Å². The van der Waals surface area contributed by atoms with Crippen molar-refractivity contribution >= 4 is 29.1 Å². The molecule has 8 unspecified atom stereocenters. The van der Waals surface area contributed by atoms with Crippen molar-refractivity contribution in [2.75, 3.05) is 6.61 Å². The Kier molecular flexibility index (Phi) is 7.39. The molecule has 36 heavy (non-hydrogen) atoms. The zero-order valence-electron chi connectivity index (χ0n) is 22.0. The summed E-state index contributed by atoms with van der Waals surface area (Å²) in [6.07, 6.45) is 10.1. The van der Waals surface area contributed by atoms with E-state index in [4.69, 9.17) is 16.3 Å². The summed E-state index contributed by atoms with van der Waals surface area (Å²) in [5.41, 5.74) is -2.15. The Hall–Kier alpha value is -1.50. The van der Waals surface area contributed by atoms with Crippen molar-refractivity contribution in [1.29, 1.82) is 0 Å². The first-order valence-electron chi connectivity index (χ1n) is 13.6. The average Bonchev–Trinajstić information content (AvgIpc) is 3.04. The van der Waals surface area contributed by atoms with Crippen molar-refractivity contribution in [3.63, 3.8) is 0 Å². The number of hydrogen-bond acceptors (Lipinski definition) is 6. The lowest BCUT2D eigenvalue weighted by Crippen LogP contribution is -2.69. The number of fused-ring (bicyclic) bond motifs is 5. The molecule has 7 heteroatoms. The van der Waals surface area contributed by atoms with E-state index < -0.39 is 45.8 Å². The van der Waals surface area contributed by atoms with Gasteiger partial charge in [-0.1, -0.05) is 58.6 Å². The van der Waals surface area contributed by atoms with Crippen LogP contribution in [0.15, 0.2) is 23.8 Å². The maximum absolute atomic E-state index is 13.5. The number of carbonyl (C=O) groups excluding carboxylic acids is 3. The minimum atomic E-state index is -1.51. The standard InChI is InChI=1S/C29H41ClO6/c1-5-6-7-8-9-25(35)36-29(24(34)17-31)18(2)14-22-21-11-10-19-15-20(32)12-13-26(19,3)28(21,30)23(33)16-27(22,29)4/h12-13,15,18,21-23,31,33H,5-11,14,16-17H2,1-4H3. The molecule has 0 radical (unpaired) electrons. The molecule has 8 atom stereocenters. The normalized spacial score (nSPS) is 43.3. The fraction of sp³-hybridized carbons (Fsp3) is 0.759. The van der Waals surface area contributed by atoms with Gasteiger partial charge >= 0.3 is 5.97 Å². The Balaban J connectivity index is 1.72. The summed E-state index contributed by atoms with van der Waals surface area (Å²) >= 11 is 7.48. The largest absolute Gasteiger partial charge is 0.450 e. The molecular formula is C29H41ClO6. The first kappa shape index (κ1) is 27.5. The van der Waals surface area contributed by atoms with Crippen molar-refractivity contribution in [2.45, 2.75) is 102 Å². The maximum atomic E-state index is 13.5. The summed E-state index contributed by atoms with van der Waals surface area (Å²) in [6.45, 7) is 7.22. The molecule has 4 aliphatic rings. The van der Waals surface area contributed by atoms with Crippen LogP contribution in [0.1, 0.15) is 85.5 Å². The van der Waals surface area contributed by atoms with Crippen LogP contribution < -0.4 is 0 Å². The van der Waals surface area contributed by atoms with E-state index in [0.717, 1.165) is 24.8 Å². The van der Waals surface area contributed by atoms with Gasteiger partial charge in [0.05, 0.1) is 11.0 Å². The highest BCUT2D eigenvalue weighted by atomic mass is 35.5. The predicted octanol–water partition coefficient (Wildman–Crippen LogP) is 4.69. The minimum absolute atomic E-state index is 0.0655. The topological polar surface area (TPSA) is 101 Å². The van der Waals surface area contributed by atoms with Gasteiger partial charge in [0, 0.05) is 23.2 Å². The van der Waals surface area contributed by atoms with Crippen LogP contribution in [0, 0.1) is 28.6 Å². The van der Waals surface area contributed by atoms with Gasteiger partial charge in [-0.25, -0.2) is 0 Å². The second kappa shape index (κ2) is 9.67. The maximum Gasteiger partial charge on any atom is 0.306 e. The fourth-order valence-electron chi connectivity index (χ4n) is 8.44. The quantitative estimate of drug-likeness (QED) is 0.273. The number of unbranched alkanes of at least 4 members (excludes halogenated alkanes) is 3. The minimum Gasteiger partial charge on any atom is -0.450 e. The number of carbonyl (C=O) groups is 3. The third-order valence-corrected chi connectivity index (χ3v) is 11.2. The van der Waals surface area contributed by atoms with E-state index in [9.17, 15) is 24.6 Å². The molecule has 0 aliphatic heterocycles. The number of ketones is 2. The Morgan fingerprint density at radius 2 is 1.92 bits per heavy atom. The van der Waals surface area contributed by atoms with Gasteiger partial charge in [0.15, 0.2) is 11.4 Å². The predicted molar refractivity (Wildman–Crippen MR) is 137 cm³/mol. The Bertz CT molecular complexity index is 988. The zero-order valence-corrected chi connectivity index (χ0v) is 22.8. The van der Waals surface area contributed by atoms with Crippen molar-refractivity contribution < 1.29 is 29.3 Å². The average molecular weight is 521 g/mol. The monoisotopic (exact) mass is 520 g/mol. The highest BCUT2D eigenvalue weighted by Crippen LogP contribution is 2.72. The molecule has 200 valence electrons. The van der Waals surface area contributed by atoms with E-state index in [1.807, 2.05) is 26.8 Å². The number of alkyl halides is 1. The summed E-state index contributed by atoms with van der Waals surface area (Å²) in [5, 5.41) is 21.8. The van der Waals surface area contributed by atoms with E-state index in [1.54, 1.807) is 6.08 Å². The fourth-order valence-corrected chi connectivity index (χ4v) is 8.97. The molecule has 0 aromatic rings. The van der Waals surface area contributed by atoms with Crippen LogP contribution >= 0.6 is 11.6 Å². The zero-order chi connectivity index (χ0) is 26.5. The molecule has 0 aromatic carbocycles. The first-order valence-corrected chi connectivity index (χ1v) is 14.0. The van der Waals surface area contributed by atoms with Crippen molar-refractivity contribution in [3.8, 4) is 0 Å². The van der Waals surface area contributed by atoms with E-state index in [0.29, 0.717) is 25.7 Å². The van der Waals surface area contributed by atoms with E-state index >= 15 is 0 Å². The molecule has 0 spiro atoms. The molecule has 4 aliphatic carbocycles. The third kappa shape index (κ3) is 3.69. The molecule has 6 nitrogen and oxygen atoms in total. The number of hydrogen-bond donors (Lipinski definition) is 2. The second-order valence-electron chi connectivity index (χ2n) is 12.0. The Morgan fingerprint density at radius 3 is 2.58 bits per heavy atom. The summed E-state index contributed by atoms with van der Waals surface area (Å²) in [7, 11) is 0. The van der Waals surface area contributed by atoms with Crippen LogP contribution in [0.4, 0.5) is 0 Å². The van der Waals surface area contributed by atoms with Crippen LogP contribution in [-0.4, -0.2) is 50.9 Å². The van der Waals surface area contributed by atoms with Gasteiger partial charge in [-0.3, -0.25) is 14.4 Å². The van der Waals surface area contributed by atoms with Gasteiger partial charge in [0.25, 0.3) is 0 Å². The highest BCUT2D eigenvalue weighted by Gasteiger charge is 2.76. The van der Waals surface area contributed by atoms with Gasteiger partial charge < -0.3 is 14.9 Å². The number of esters is 1. The lowest BCUT2D eigenvalue weighted by molar-refractivity contribution is -0.203. The van der Waals surface area contributed by atoms with Crippen LogP contribution in [0.3, 0.4) is 0 Å². The number of halogens is 1. The van der Waals surface area contributed by atoms with Gasteiger partial charge in [-0.15, -0.1) is 11.6 Å². The highest BCUT2D eigenvalue weighted by molar-refractivity contribution is 6.26. The van der Waals surface area contributed by atoms with Crippen LogP contribution in [0.2, 0.25) is 0 Å². The van der Waals surface area contributed by atoms with Crippen LogP contribution in [-0.2, 0) is 19.1 Å².